The largest absolute Gasteiger partial charge is 0.506 e. The second-order valence-corrected chi connectivity index (χ2v) is 7.63. The Morgan fingerprint density at radius 1 is 0.857 bits per heavy atom. The van der Waals surface area contributed by atoms with Crippen molar-refractivity contribution in [1.82, 2.24) is 0 Å². The zero-order chi connectivity index (χ0) is 19.5. The second kappa shape index (κ2) is 7.97. The van der Waals surface area contributed by atoms with Crippen LogP contribution in [0.25, 0.3) is 10.8 Å². The van der Waals surface area contributed by atoms with Crippen LogP contribution in [0, 0.1) is 0 Å². The van der Waals surface area contributed by atoms with Gasteiger partial charge in [-0.2, -0.15) is 0 Å². The van der Waals surface area contributed by atoms with Gasteiger partial charge in [-0.1, -0.05) is 65.8 Å². The van der Waals surface area contributed by atoms with Gasteiger partial charge >= 0.3 is 5.97 Å². The number of carbonyl (C=O) groups excluding carboxylic acids is 1. The average molecular weight is 407 g/mol. The van der Waals surface area contributed by atoms with Crippen LogP contribution in [0.2, 0.25) is 5.02 Å². The summed E-state index contributed by atoms with van der Waals surface area (Å²) in [5.74, 6) is -0.267. The fraction of sp³-hybridized carbons (Fsp3) is 0. The van der Waals surface area contributed by atoms with E-state index in [2.05, 4.69) is 0 Å². The highest BCUT2D eigenvalue weighted by Crippen LogP contribution is 2.40. The van der Waals surface area contributed by atoms with Crippen molar-refractivity contribution in [2.75, 3.05) is 0 Å². The summed E-state index contributed by atoms with van der Waals surface area (Å²) in [6.07, 6.45) is 0. The topological polar surface area (TPSA) is 46.5 Å². The minimum Gasteiger partial charge on any atom is -0.506 e. The van der Waals surface area contributed by atoms with Gasteiger partial charge in [0.1, 0.15) is 17.1 Å². The van der Waals surface area contributed by atoms with Gasteiger partial charge in [0.15, 0.2) is 0 Å². The first-order valence-electron chi connectivity index (χ1n) is 8.57. The molecule has 5 heteroatoms. The minimum absolute atomic E-state index is 0.0861. The molecule has 0 spiro atoms. The second-order valence-electron chi connectivity index (χ2n) is 6.08. The van der Waals surface area contributed by atoms with E-state index in [9.17, 15) is 9.90 Å². The van der Waals surface area contributed by atoms with E-state index in [1.807, 2.05) is 48.5 Å². The zero-order valence-corrected chi connectivity index (χ0v) is 16.2. The van der Waals surface area contributed by atoms with E-state index >= 15 is 0 Å². The van der Waals surface area contributed by atoms with Crippen molar-refractivity contribution in [3.05, 3.63) is 95.5 Å². The van der Waals surface area contributed by atoms with Crippen molar-refractivity contribution >= 4 is 40.1 Å². The molecule has 0 atom stereocenters. The Morgan fingerprint density at radius 2 is 1.50 bits per heavy atom. The molecule has 0 aromatic heterocycles. The van der Waals surface area contributed by atoms with Gasteiger partial charge in [0.05, 0.1) is 0 Å². The first-order valence-corrected chi connectivity index (χ1v) is 9.76. The van der Waals surface area contributed by atoms with Crippen LogP contribution < -0.4 is 4.74 Å². The maximum Gasteiger partial charge on any atom is 0.347 e. The minimum atomic E-state index is -0.604. The van der Waals surface area contributed by atoms with Gasteiger partial charge in [-0.25, -0.2) is 4.79 Å². The molecule has 0 aliphatic carbocycles. The van der Waals surface area contributed by atoms with Gasteiger partial charge in [0.2, 0.25) is 0 Å². The van der Waals surface area contributed by atoms with Gasteiger partial charge in [-0.3, -0.25) is 0 Å². The maximum absolute atomic E-state index is 12.7. The lowest BCUT2D eigenvalue weighted by Crippen LogP contribution is -2.09. The van der Waals surface area contributed by atoms with Gasteiger partial charge in [0, 0.05) is 20.2 Å². The Bertz CT molecular complexity index is 1140. The number of hydrogen-bond donors (Lipinski definition) is 1. The van der Waals surface area contributed by atoms with E-state index in [1.54, 1.807) is 36.4 Å². The summed E-state index contributed by atoms with van der Waals surface area (Å²) < 4.78 is 5.43. The number of aromatic hydroxyl groups is 1. The van der Waals surface area contributed by atoms with Crippen LogP contribution in [-0.4, -0.2) is 11.1 Å². The zero-order valence-electron chi connectivity index (χ0n) is 14.6. The Kier molecular flexibility index (Phi) is 5.24. The van der Waals surface area contributed by atoms with Crippen LogP contribution in [0.15, 0.2) is 94.7 Å². The monoisotopic (exact) mass is 406 g/mol. The van der Waals surface area contributed by atoms with Crippen LogP contribution in [0.1, 0.15) is 10.4 Å². The number of carbonyl (C=O) groups is 1. The predicted octanol–water partition coefficient (Wildman–Crippen LogP) is 6.57. The number of para-hydroxylation sites is 1. The number of phenols is 1. The molecule has 0 unspecified atom stereocenters. The van der Waals surface area contributed by atoms with E-state index in [0.717, 1.165) is 15.2 Å². The molecule has 4 aromatic carbocycles. The van der Waals surface area contributed by atoms with Crippen molar-refractivity contribution in [2.45, 2.75) is 9.79 Å². The molecule has 0 fully saturated rings. The normalized spacial score (nSPS) is 10.8. The van der Waals surface area contributed by atoms with Crippen LogP contribution in [0.5, 0.6) is 11.5 Å². The van der Waals surface area contributed by atoms with Crippen molar-refractivity contribution in [1.29, 1.82) is 0 Å². The molecule has 4 rings (SSSR count). The molecule has 0 heterocycles. The number of phenolic OH excluding ortho intramolecular Hbond substituents is 1. The summed E-state index contributed by atoms with van der Waals surface area (Å²) in [7, 11) is 0. The molecule has 0 aliphatic rings. The molecular weight excluding hydrogens is 392 g/mol. The van der Waals surface area contributed by atoms with Crippen LogP contribution in [-0.2, 0) is 0 Å². The fourth-order valence-electron chi connectivity index (χ4n) is 2.85. The Labute approximate surface area is 171 Å². The molecule has 0 radical (unpaired) electrons. The third kappa shape index (κ3) is 3.84. The number of ether oxygens (including phenoxy) is 1. The molecule has 4 aromatic rings. The number of benzene rings is 4. The standard InChI is InChI=1S/C23H15ClO3S/c24-15-10-12-17(13-11-15)28-21-14-20(22(25)19-9-5-4-8-18(19)21)23(26)27-16-6-2-1-3-7-16/h1-14,25H. The smallest absolute Gasteiger partial charge is 0.347 e. The summed E-state index contributed by atoms with van der Waals surface area (Å²) in [6, 6.07) is 25.3. The highest BCUT2D eigenvalue weighted by Gasteiger charge is 2.19. The summed E-state index contributed by atoms with van der Waals surface area (Å²) in [6.45, 7) is 0. The third-order valence-electron chi connectivity index (χ3n) is 4.19. The first-order chi connectivity index (χ1) is 13.6. The van der Waals surface area contributed by atoms with E-state index in [-0.39, 0.29) is 11.3 Å². The molecule has 3 nitrogen and oxygen atoms in total. The Morgan fingerprint density at radius 3 is 2.21 bits per heavy atom. The number of esters is 1. The van der Waals surface area contributed by atoms with Crippen molar-refractivity contribution < 1.29 is 14.6 Å². The number of halogens is 1. The average Bonchev–Trinajstić information content (AvgIpc) is 2.72. The van der Waals surface area contributed by atoms with E-state index < -0.39 is 5.97 Å². The van der Waals surface area contributed by atoms with E-state index in [0.29, 0.717) is 16.2 Å². The number of hydrogen-bond acceptors (Lipinski definition) is 4. The molecule has 0 bridgehead atoms. The quantitative estimate of drug-likeness (QED) is 0.307. The maximum atomic E-state index is 12.7. The van der Waals surface area contributed by atoms with Gasteiger partial charge < -0.3 is 9.84 Å². The lowest BCUT2D eigenvalue weighted by Gasteiger charge is -2.13. The summed E-state index contributed by atoms with van der Waals surface area (Å²) >= 11 is 7.47. The molecule has 1 N–H and O–H groups in total. The SMILES string of the molecule is O=C(Oc1ccccc1)c1cc(Sc2ccc(Cl)cc2)c2ccccc2c1O. The lowest BCUT2D eigenvalue weighted by atomic mass is 10.1. The highest BCUT2D eigenvalue weighted by atomic mass is 35.5. The van der Waals surface area contributed by atoms with Crippen LogP contribution in [0.4, 0.5) is 0 Å². The van der Waals surface area contributed by atoms with Gasteiger partial charge in [0.25, 0.3) is 0 Å². The van der Waals surface area contributed by atoms with E-state index in [4.69, 9.17) is 16.3 Å². The molecule has 0 amide bonds. The van der Waals surface area contributed by atoms with Crippen molar-refractivity contribution in [3.63, 3.8) is 0 Å². The lowest BCUT2D eigenvalue weighted by molar-refractivity contribution is 0.0731. The summed E-state index contributed by atoms with van der Waals surface area (Å²) in [4.78, 5) is 14.5. The molecule has 138 valence electrons. The number of fused-ring (bicyclic) bond motifs is 1. The summed E-state index contributed by atoms with van der Waals surface area (Å²) in [5.41, 5.74) is 0.124. The van der Waals surface area contributed by atoms with Crippen LogP contribution in [0.3, 0.4) is 0 Å². The first kappa shape index (κ1) is 18.4. The predicted molar refractivity (Wildman–Crippen MR) is 113 cm³/mol. The molecule has 0 saturated heterocycles. The Hall–Kier alpha value is -2.95. The third-order valence-corrected chi connectivity index (χ3v) is 5.51. The van der Waals surface area contributed by atoms with Gasteiger partial charge in [-0.15, -0.1) is 0 Å². The molecular formula is C23H15ClO3S. The van der Waals surface area contributed by atoms with Gasteiger partial charge in [-0.05, 0) is 47.9 Å². The van der Waals surface area contributed by atoms with Crippen molar-refractivity contribution in [3.8, 4) is 11.5 Å². The number of rotatable bonds is 4. The van der Waals surface area contributed by atoms with E-state index in [1.165, 1.54) is 11.8 Å². The molecule has 0 saturated carbocycles. The highest BCUT2D eigenvalue weighted by molar-refractivity contribution is 7.99. The van der Waals surface area contributed by atoms with Crippen molar-refractivity contribution in [2.24, 2.45) is 0 Å². The summed E-state index contributed by atoms with van der Waals surface area (Å²) in [5, 5.41) is 12.8. The molecule has 0 aliphatic heterocycles. The Balaban J connectivity index is 1.77. The fourth-order valence-corrected chi connectivity index (χ4v) is 3.96. The van der Waals surface area contributed by atoms with Crippen LogP contribution >= 0.6 is 23.4 Å². The molecule has 28 heavy (non-hydrogen) atoms.